The van der Waals surface area contributed by atoms with Crippen LogP contribution in [-0.4, -0.2) is 21.2 Å². The summed E-state index contributed by atoms with van der Waals surface area (Å²) >= 11 is 6.39. The molecule has 0 saturated carbocycles. The van der Waals surface area contributed by atoms with Crippen molar-refractivity contribution in [3.05, 3.63) is 24.3 Å². The lowest BCUT2D eigenvalue weighted by Crippen LogP contribution is -2.26. The van der Waals surface area contributed by atoms with Gasteiger partial charge in [0.05, 0.1) is 0 Å². The molecule has 0 unspecified atom stereocenters. The van der Waals surface area contributed by atoms with Gasteiger partial charge in [-0.3, -0.25) is 0 Å². The first kappa shape index (κ1) is 9.86. The van der Waals surface area contributed by atoms with Crippen LogP contribution in [0.2, 0.25) is 0 Å². The molecule has 1 aliphatic rings. The Labute approximate surface area is 87.0 Å². The minimum atomic E-state index is -0.743. The first-order valence-corrected chi connectivity index (χ1v) is 4.83. The predicted molar refractivity (Wildman–Crippen MR) is 53.7 cm³/mol. The number of carbonyl (C=O) groups excluding carboxylic acids is 2. The van der Waals surface area contributed by atoms with E-state index in [2.05, 4.69) is 31.9 Å². The Morgan fingerprint density at radius 3 is 1.25 bits per heavy atom. The normalized spacial score (nSPS) is 39.5. The van der Waals surface area contributed by atoms with Gasteiger partial charge in [0.15, 0.2) is 0 Å². The second-order valence-electron chi connectivity index (χ2n) is 2.56. The minimum absolute atomic E-state index is 0.743. The second kappa shape index (κ2) is 3.26. The molecule has 0 spiro atoms. The SMILES string of the molecule is O=CC1(Br)C=CC(Br)(C=O)C=C1. The topological polar surface area (TPSA) is 34.1 Å². The molecule has 0 aromatic rings. The van der Waals surface area contributed by atoms with Crippen LogP contribution in [0.3, 0.4) is 0 Å². The second-order valence-corrected chi connectivity index (χ2v) is 5.30. The molecule has 0 fully saturated rings. The van der Waals surface area contributed by atoms with Crippen LogP contribution in [0.1, 0.15) is 0 Å². The molecule has 0 aliphatic heterocycles. The molecule has 0 N–H and O–H groups in total. The fraction of sp³-hybridized carbons (Fsp3) is 0.250. The van der Waals surface area contributed by atoms with Gasteiger partial charge in [0.25, 0.3) is 0 Å². The van der Waals surface area contributed by atoms with Crippen LogP contribution >= 0.6 is 31.9 Å². The lowest BCUT2D eigenvalue weighted by Gasteiger charge is -2.21. The summed E-state index contributed by atoms with van der Waals surface area (Å²) < 4.78 is -1.49. The monoisotopic (exact) mass is 292 g/mol. The quantitative estimate of drug-likeness (QED) is 0.442. The molecule has 4 heteroatoms. The Morgan fingerprint density at radius 2 is 1.08 bits per heavy atom. The van der Waals surface area contributed by atoms with Gasteiger partial charge in [-0.05, 0) is 0 Å². The molecular weight excluding hydrogens is 288 g/mol. The third kappa shape index (κ3) is 1.93. The largest absolute Gasteiger partial charge is 0.301 e. The molecule has 0 atom stereocenters. The maximum atomic E-state index is 10.5. The number of carbonyl (C=O) groups is 2. The molecule has 2 nitrogen and oxygen atoms in total. The van der Waals surface area contributed by atoms with Crippen molar-refractivity contribution in [1.29, 1.82) is 0 Å². The van der Waals surface area contributed by atoms with Gasteiger partial charge in [0, 0.05) is 0 Å². The Hall–Kier alpha value is -0.220. The van der Waals surface area contributed by atoms with Gasteiger partial charge >= 0.3 is 0 Å². The summed E-state index contributed by atoms with van der Waals surface area (Å²) in [5.41, 5.74) is 0. The fourth-order valence-corrected chi connectivity index (χ4v) is 1.31. The summed E-state index contributed by atoms with van der Waals surface area (Å²) in [5, 5.41) is 0. The zero-order chi connectivity index (χ0) is 9.24. The van der Waals surface area contributed by atoms with Crippen molar-refractivity contribution in [3.63, 3.8) is 0 Å². The van der Waals surface area contributed by atoms with Gasteiger partial charge in [-0.1, -0.05) is 56.2 Å². The lowest BCUT2D eigenvalue weighted by atomic mass is 9.98. The van der Waals surface area contributed by atoms with E-state index in [1.165, 1.54) is 0 Å². The Bertz CT molecular complexity index is 228. The van der Waals surface area contributed by atoms with E-state index < -0.39 is 8.65 Å². The van der Waals surface area contributed by atoms with Gasteiger partial charge in [-0.2, -0.15) is 0 Å². The average Bonchev–Trinajstić information content (AvgIpc) is 2.11. The van der Waals surface area contributed by atoms with Gasteiger partial charge < -0.3 is 9.59 Å². The smallest absolute Gasteiger partial charge is 0.144 e. The van der Waals surface area contributed by atoms with Crippen molar-refractivity contribution in [2.75, 3.05) is 0 Å². The number of halogens is 2. The maximum absolute atomic E-state index is 10.5. The predicted octanol–water partition coefficient (Wildman–Crippen LogP) is 1.78. The van der Waals surface area contributed by atoms with Crippen molar-refractivity contribution >= 4 is 44.4 Å². The highest BCUT2D eigenvalue weighted by molar-refractivity contribution is 9.10. The summed E-state index contributed by atoms with van der Waals surface area (Å²) in [6.07, 6.45) is 8.04. The molecule has 0 heterocycles. The number of hydrogen-bond acceptors (Lipinski definition) is 2. The van der Waals surface area contributed by atoms with E-state index in [1.807, 2.05) is 0 Å². The van der Waals surface area contributed by atoms with E-state index in [-0.39, 0.29) is 0 Å². The maximum Gasteiger partial charge on any atom is 0.144 e. The highest BCUT2D eigenvalue weighted by Gasteiger charge is 2.29. The van der Waals surface area contributed by atoms with E-state index in [1.54, 1.807) is 24.3 Å². The van der Waals surface area contributed by atoms with Crippen LogP contribution in [0.15, 0.2) is 24.3 Å². The first-order valence-electron chi connectivity index (χ1n) is 3.25. The van der Waals surface area contributed by atoms with Crippen molar-refractivity contribution in [2.24, 2.45) is 0 Å². The van der Waals surface area contributed by atoms with Crippen LogP contribution in [0.25, 0.3) is 0 Å². The van der Waals surface area contributed by atoms with Crippen molar-refractivity contribution in [3.8, 4) is 0 Å². The molecule has 64 valence electrons. The zero-order valence-corrected chi connectivity index (χ0v) is 9.21. The van der Waals surface area contributed by atoms with Gasteiger partial charge in [-0.15, -0.1) is 0 Å². The molecule has 0 aromatic heterocycles. The van der Waals surface area contributed by atoms with Crippen LogP contribution in [0.5, 0.6) is 0 Å². The van der Waals surface area contributed by atoms with E-state index in [0.29, 0.717) is 0 Å². The molecule has 0 radical (unpaired) electrons. The molecule has 1 aliphatic carbocycles. The zero-order valence-electron chi connectivity index (χ0n) is 6.04. The van der Waals surface area contributed by atoms with Crippen LogP contribution in [0.4, 0.5) is 0 Å². The van der Waals surface area contributed by atoms with Crippen LogP contribution in [-0.2, 0) is 9.59 Å². The number of alkyl halides is 2. The van der Waals surface area contributed by atoms with Gasteiger partial charge in [-0.25, -0.2) is 0 Å². The van der Waals surface area contributed by atoms with Crippen LogP contribution in [0, 0.1) is 0 Å². The number of hydrogen-bond donors (Lipinski definition) is 0. The summed E-state index contributed by atoms with van der Waals surface area (Å²) in [4.78, 5) is 21.1. The standard InChI is InChI=1S/C8H6Br2O2/c9-7(5-11)1-2-8(10,6-12)4-3-7/h1-6H. The Kier molecular flexibility index (Phi) is 2.68. The van der Waals surface area contributed by atoms with Gasteiger partial charge in [0.1, 0.15) is 21.2 Å². The fourth-order valence-electron chi connectivity index (χ4n) is 0.779. The highest BCUT2D eigenvalue weighted by atomic mass is 79.9. The van der Waals surface area contributed by atoms with E-state index in [0.717, 1.165) is 12.6 Å². The Balaban J connectivity index is 2.93. The van der Waals surface area contributed by atoms with E-state index in [4.69, 9.17) is 0 Å². The third-order valence-corrected chi connectivity index (χ3v) is 2.98. The average molecular weight is 294 g/mol. The minimum Gasteiger partial charge on any atom is -0.301 e. The molecule has 1 rings (SSSR count). The van der Waals surface area contributed by atoms with Gasteiger partial charge in [0.2, 0.25) is 0 Å². The van der Waals surface area contributed by atoms with E-state index >= 15 is 0 Å². The summed E-state index contributed by atoms with van der Waals surface area (Å²) in [6.45, 7) is 0. The number of allylic oxidation sites excluding steroid dienone is 4. The molecule has 0 amide bonds. The number of rotatable bonds is 2. The lowest BCUT2D eigenvalue weighted by molar-refractivity contribution is -0.109. The summed E-state index contributed by atoms with van der Waals surface area (Å²) in [6, 6.07) is 0. The van der Waals surface area contributed by atoms with E-state index in [9.17, 15) is 9.59 Å². The molecule has 0 saturated heterocycles. The molecule has 0 bridgehead atoms. The summed E-state index contributed by atoms with van der Waals surface area (Å²) in [5.74, 6) is 0. The van der Waals surface area contributed by atoms with Crippen molar-refractivity contribution in [1.82, 2.24) is 0 Å². The highest BCUT2D eigenvalue weighted by Crippen LogP contribution is 2.30. The molecule has 12 heavy (non-hydrogen) atoms. The first-order chi connectivity index (χ1) is 5.54. The van der Waals surface area contributed by atoms with Crippen molar-refractivity contribution < 1.29 is 9.59 Å². The van der Waals surface area contributed by atoms with Crippen molar-refractivity contribution in [2.45, 2.75) is 8.65 Å². The molecular formula is C8H6Br2O2. The number of aldehydes is 2. The summed E-state index contributed by atoms with van der Waals surface area (Å²) in [7, 11) is 0. The third-order valence-electron chi connectivity index (χ3n) is 1.55. The van der Waals surface area contributed by atoms with Crippen LogP contribution < -0.4 is 0 Å². The Morgan fingerprint density at radius 1 is 0.833 bits per heavy atom. The molecule has 0 aromatic carbocycles.